The standard InChI is InChI=1S/C42H69NO5S/c1-3-5-7-9-11-13-15-17-19-21-23-25-27-29-31-33-35-37-41(44)40(39-49(46,47)48)43-42(45)38-36-34-32-30-28-26-24-22-20-18-16-14-12-10-8-6-4-2/h6,8,12,14,18-21,24,26-27,29-30,32,35,37,40-41,44H,3-5,7,9-11,13,15-17,22-23,25,28,31,33-34,36,38-39H2,1-2H3,(H,43,45)(H,46,47,48)/b8-6-,14-12-,20-18-,21-19+,26-24-,29-27+,32-30-,37-35+. The molecule has 0 saturated heterocycles. The smallest absolute Gasteiger partial charge is 0.267 e. The van der Waals surface area contributed by atoms with Gasteiger partial charge in [0.1, 0.15) is 0 Å². The van der Waals surface area contributed by atoms with Gasteiger partial charge in [-0.05, 0) is 83.5 Å². The van der Waals surface area contributed by atoms with Gasteiger partial charge in [0.2, 0.25) is 5.91 Å². The van der Waals surface area contributed by atoms with Gasteiger partial charge in [-0.25, -0.2) is 0 Å². The van der Waals surface area contributed by atoms with Gasteiger partial charge >= 0.3 is 0 Å². The fourth-order valence-electron chi connectivity index (χ4n) is 4.93. The summed E-state index contributed by atoms with van der Waals surface area (Å²) in [6.45, 7) is 4.38. The van der Waals surface area contributed by atoms with E-state index in [4.69, 9.17) is 0 Å². The highest BCUT2D eigenvalue weighted by Gasteiger charge is 2.24. The average Bonchev–Trinajstić information content (AvgIpc) is 3.06. The number of allylic oxidation sites excluding steroid dienone is 15. The lowest BCUT2D eigenvalue weighted by molar-refractivity contribution is -0.122. The molecule has 0 aromatic rings. The number of carbonyl (C=O) groups is 1. The lowest BCUT2D eigenvalue weighted by Gasteiger charge is -2.21. The first-order chi connectivity index (χ1) is 23.8. The van der Waals surface area contributed by atoms with Gasteiger partial charge < -0.3 is 10.4 Å². The highest BCUT2D eigenvalue weighted by molar-refractivity contribution is 7.85. The van der Waals surface area contributed by atoms with Gasteiger partial charge in [-0.3, -0.25) is 9.35 Å². The minimum Gasteiger partial charge on any atom is -0.387 e. The van der Waals surface area contributed by atoms with Gasteiger partial charge in [0.25, 0.3) is 10.1 Å². The van der Waals surface area contributed by atoms with E-state index in [1.165, 1.54) is 51.0 Å². The minimum absolute atomic E-state index is 0.200. The molecule has 7 heteroatoms. The highest BCUT2D eigenvalue weighted by Crippen LogP contribution is 2.09. The Balaban J connectivity index is 4.20. The molecule has 6 nitrogen and oxygen atoms in total. The normalized spacial score (nSPS) is 14.4. The van der Waals surface area contributed by atoms with Gasteiger partial charge in [-0.2, -0.15) is 8.42 Å². The molecule has 2 atom stereocenters. The summed E-state index contributed by atoms with van der Waals surface area (Å²) in [4.78, 5) is 12.5. The van der Waals surface area contributed by atoms with Crippen LogP contribution < -0.4 is 5.32 Å². The number of aliphatic hydroxyl groups excluding tert-OH is 1. The summed E-state index contributed by atoms with van der Waals surface area (Å²) < 4.78 is 32.4. The molecule has 0 heterocycles. The first-order valence-electron chi connectivity index (χ1n) is 18.9. The third kappa shape index (κ3) is 36.4. The summed E-state index contributed by atoms with van der Waals surface area (Å²) >= 11 is 0. The molecule has 0 spiro atoms. The third-order valence-electron chi connectivity index (χ3n) is 7.72. The maximum Gasteiger partial charge on any atom is 0.267 e. The summed E-state index contributed by atoms with van der Waals surface area (Å²) in [5.41, 5.74) is 0. The molecule has 0 radical (unpaired) electrons. The summed E-state index contributed by atoms with van der Waals surface area (Å²) in [7, 11) is -4.38. The molecule has 278 valence electrons. The van der Waals surface area contributed by atoms with Crippen molar-refractivity contribution >= 4 is 16.0 Å². The first kappa shape index (κ1) is 46.3. The van der Waals surface area contributed by atoms with Crippen molar-refractivity contribution in [3.8, 4) is 0 Å². The van der Waals surface area contributed by atoms with Gasteiger partial charge in [0.05, 0.1) is 17.9 Å². The van der Waals surface area contributed by atoms with Gasteiger partial charge in [0, 0.05) is 6.42 Å². The maximum atomic E-state index is 12.5. The van der Waals surface area contributed by atoms with E-state index in [2.05, 4.69) is 98.2 Å². The molecule has 0 fully saturated rings. The molecule has 0 aromatic carbocycles. The third-order valence-corrected chi connectivity index (χ3v) is 8.50. The van der Waals surface area contributed by atoms with E-state index >= 15 is 0 Å². The fraction of sp³-hybridized carbons (Fsp3) is 0.595. The van der Waals surface area contributed by atoms with Crippen molar-refractivity contribution in [3.05, 3.63) is 97.2 Å². The fourth-order valence-corrected chi connectivity index (χ4v) is 5.66. The largest absolute Gasteiger partial charge is 0.387 e. The van der Waals surface area contributed by atoms with Gasteiger partial charge in [0.15, 0.2) is 0 Å². The lowest BCUT2D eigenvalue weighted by atomic mass is 10.1. The highest BCUT2D eigenvalue weighted by atomic mass is 32.2. The van der Waals surface area contributed by atoms with Crippen LogP contribution in [0.25, 0.3) is 0 Å². The van der Waals surface area contributed by atoms with E-state index in [-0.39, 0.29) is 12.3 Å². The SMILES string of the molecule is CC/C=C\C/C=C\C/C=C\C/C=C\C/C=C\CCCC(=O)NC(CS(=O)(=O)O)C(O)/C=C/CC/C=C/CC/C=C/CCCCCCCCC. The summed E-state index contributed by atoms with van der Waals surface area (Å²) in [6, 6.07) is -1.11. The van der Waals surface area contributed by atoms with E-state index in [0.717, 1.165) is 64.2 Å². The Labute approximate surface area is 300 Å². The number of aliphatic hydroxyl groups is 1. The molecule has 0 aromatic heterocycles. The second-order valence-corrected chi connectivity index (χ2v) is 13.9. The Kier molecular flexibility index (Phi) is 33.1. The van der Waals surface area contributed by atoms with Crippen LogP contribution in [0, 0.1) is 0 Å². The molecule has 0 bridgehead atoms. The van der Waals surface area contributed by atoms with E-state index in [9.17, 15) is 22.9 Å². The van der Waals surface area contributed by atoms with E-state index < -0.39 is 28.0 Å². The Morgan fingerprint density at radius 2 is 1.00 bits per heavy atom. The number of amides is 1. The predicted molar refractivity (Wildman–Crippen MR) is 211 cm³/mol. The van der Waals surface area contributed by atoms with Crippen LogP contribution in [-0.4, -0.2) is 41.9 Å². The zero-order valence-corrected chi connectivity index (χ0v) is 31.6. The molecule has 2 unspecified atom stereocenters. The maximum absolute atomic E-state index is 12.5. The summed E-state index contributed by atoms with van der Waals surface area (Å²) in [5, 5.41) is 13.1. The summed E-state index contributed by atoms with van der Waals surface area (Å²) in [6.07, 6.45) is 52.5. The quantitative estimate of drug-likeness (QED) is 0.0368. The Hall–Kier alpha value is -2.74. The van der Waals surface area contributed by atoms with Crippen LogP contribution in [0.5, 0.6) is 0 Å². The summed E-state index contributed by atoms with van der Waals surface area (Å²) in [5.74, 6) is -1.10. The van der Waals surface area contributed by atoms with Crippen molar-refractivity contribution in [2.75, 3.05) is 5.75 Å². The van der Waals surface area contributed by atoms with Crippen LogP contribution in [0.1, 0.15) is 142 Å². The molecular formula is C42H69NO5S. The van der Waals surface area contributed by atoms with Crippen LogP contribution in [0.2, 0.25) is 0 Å². The van der Waals surface area contributed by atoms with E-state index in [0.29, 0.717) is 12.8 Å². The minimum atomic E-state index is -4.38. The Morgan fingerprint density at radius 3 is 1.53 bits per heavy atom. The Morgan fingerprint density at radius 1 is 0.571 bits per heavy atom. The van der Waals surface area contributed by atoms with Crippen LogP contribution in [0.3, 0.4) is 0 Å². The predicted octanol–water partition coefficient (Wildman–Crippen LogP) is 11.0. The molecule has 0 rings (SSSR count). The number of hydrogen-bond acceptors (Lipinski definition) is 4. The number of unbranched alkanes of at least 4 members (excludes halogenated alkanes) is 10. The monoisotopic (exact) mass is 699 g/mol. The number of nitrogens with one attached hydrogen (secondary N) is 1. The van der Waals surface area contributed by atoms with Crippen molar-refractivity contribution in [2.45, 2.75) is 154 Å². The second-order valence-electron chi connectivity index (χ2n) is 12.4. The zero-order chi connectivity index (χ0) is 36.1. The average molecular weight is 700 g/mol. The van der Waals surface area contributed by atoms with E-state index in [1.807, 2.05) is 6.08 Å². The second kappa shape index (κ2) is 35.1. The Bertz CT molecular complexity index is 1130. The number of carbonyl (C=O) groups excluding carboxylic acids is 1. The van der Waals surface area contributed by atoms with Crippen LogP contribution in [-0.2, 0) is 14.9 Å². The number of rotatable bonds is 32. The molecule has 0 saturated carbocycles. The molecule has 49 heavy (non-hydrogen) atoms. The molecule has 0 aliphatic heterocycles. The van der Waals surface area contributed by atoms with Crippen LogP contribution >= 0.6 is 0 Å². The van der Waals surface area contributed by atoms with E-state index in [1.54, 1.807) is 6.08 Å². The van der Waals surface area contributed by atoms with Crippen LogP contribution in [0.15, 0.2) is 97.2 Å². The van der Waals surface area contributed by atoms with Crippen molar-refractivity contribution in [1.29, 1.82) is 0 Å². The van der Waals surface area contributed by atoms with Crippen molar-refractivity contribution in [3.63, 3.8) is 0 Å². The molecular weight excluding hydrogens is 631 g/mol. The van der Waals surface area contributed by atoms with Crippen molar-refractivity contribution in [2.24, 2.45) is 0 Å². The van der Waals surface area contributed by atoms with Gasteiger partial charge in [-0.1, -0.05) is 150 Å². The lowest BCUT2D eigenvalue weighted by Crippen LogP contribution is -2.46. The topological polar surface area (TPSA) is 104 Å². The van der Waals surface area contributed by atoms with Crippen LogP contribution in [0.4, 0.5) is 0 Å². The molecule has 0 aliphatic carbocycles. The van der Waals surface area contributed by atoms with Crippen molar-refractivity contribution < 1.29 is 22.9 Å². The van der Waals surface area contributed by atoms with Gasteiger partial charge in [-0.15, -0.1) is 0 Å². The first-order valence-corrected chi connectivity index (χ1v) is 20.5. The van der Waals surface area contributed by atoms with Crippen molar-refractivity contribution in [1.82, 2.24) is 5.32 Å². The molecule has 0 aliphatic rings. The number of hydrogen-bond donors (Lipinski definition) is 3. The molecule has 1 amide bonds. The zero-order valence-electron chi connectivity index (χ0n) is 30.8. The molecule has 3 N–H and O–H groups in total.